The number of carbonyl (C=O) groups is 1. The molecule has 6 nitrogen and oxygen atoms in total. The largest absolute Gasteiger partial charge is 0.573 e. The Morgan fingerprint density at radius 2 is 1.71 bits per heavy atom. The van der Waals surface area contributed by atoms with Gasteiger partial charge in [-0.2, -0.15) is 0 Å². The highest BCUT2D eigenvalue weighted by atomic mass is 19.4. The van der Waals surface area contributed by atoms with Crippen LogP contribution in [-0.4, -0.2) is 29.4 Å². The molecule has 4 rings (SSSR count). The first-order chi connectivity index (χ1) is 16.0. The number of hydrogen-bond donors (Lipinski definition) is 2. The van der Waals surface area contributed by atoms with Crippen LogP contribution in [0.1, 0.15) is 56.3 Å². The first-order valence-corrected chi connectivity index (χ1v) is 10.9. The molecular weight excluding hydrogens is 454 g/mol. The van der Waals surface area contributed by atoms with Crippen LogP contribution in [0.3, 0.4) is 0 Å². The molecule has 0 saturated heterocycles. The molecule has 2 N–H and O–H groups in total. The standard InChI is InChI=1S/C16H11F4N3O3.C8H16/c1-25-14(24)10-6-7-11-13(12(10)17)23-15(22-11)21-8-2-4-9(5-3-8)26-16(18,19)20;1-8(2)6-4-3-5-7-8/h2-7H,1H3,(H2,21,22,23);3-7H2,1-2H3. The van der Waals surface area contributed by atoms with E-state index in [9.17, 15) is 22.4 Å². The summed E-state index contributed by atoms with van der Waals surface area (Å²) in [6, 6.07) is 7.63. The fourth-order valence-corrected chi connectivity index (χ4v) is 3.75. The summed E-state index contributed by atoms with van der Waals surface area (Å²) in [5.41, 5.74) is 1.07. The molecule has 1 aliphatic carbocycles. The number of benzene rings is 2. The number of nitrogens with zero attached hydrogens (tertiary/aromatic N) is 1. The van der Waals surface area contributed by atoms with Gasteiger partial charge >= 0.3 is 12.3 Å². The maximum absolute atomic E-state index is 14.3. The predicted molar refractivity (Wildman–Crippen MR) is 121 cm³/mol. The molecule has 0 amide bonds. The molecule has 1 fully saturated rings. The van der Waals surface area contributed by atoms with Crippen molar-refractivity contribution >= 4 is 28.6 Å². The molecule has 3 aromatic rings. The molecule has 34 heavy (non-hydrogen) atoms. The van der Waals surface area contributed by atoms with Crippen LogP contribution in [0.2, 0.25) is 0 Å². The predicted octanol–water partition coefficient (Wildman–Crippen LogP) is 7.11. The maximum Gasteiger partial charge on any atom is 0.573 e. The molecule has 0 radical (unpaired) electrons. The lowest BCUT2D eigenvalue weighted by atomic mass is 9.78. The number of aromatic amines is 1. The summed E-state index contributed by atoms with van der Waals surface area (Å²) in [7, 11) is 1.13. The quantitative estimate of drug-likeness (QED) is 0.307. The highest BCUT2D eigenvalue weighted by molar-refractivity contribution is 5.94. The number of anilines is 2. The van der Waals surface area contributed by atoms with Gasteiger partial charge in [0.05, 0.1) is 18.2 Å². The third-order valence-electron chi connectivity index (χ3n) is 5.56. The number of fused-ring (bicyclic) bond motifs is 1. The summed E-state index contributed by atoms with van der Waals surface area (Å²) in [6.07, 6.45) is 2.53. The molecule has 0 unspecified atom stereocenters. The molecule has 1 aliphatic rings. The molecule has 0 atom stereocenters. The molecule has 0 bridgehead atoms. The van der Waals surface area contributed by atoms with Crippen molar-refractivity contribution in [1.29, 1.82) is 0 Å². The number of ether oxygens (including phenoxy) is 2. The number of alkyl halides is 3. The van der Waals surface area contributed by atoms with E-state index in [0.29, 0.717) is 16.6 Å². The third-order valence-corrected chi connectivity index (χ3v) is 5.56. The monoisotopic (exact) mass is 481 g/mol. The van der Waals surface area contributed by atoms with E-state index < -0.39 is 18.1 Å². The minimum Gasteiger partial charge on any atom is -0.465 e. The lowest BCUT2D eigenvalue weighted by molar-refractivity contribution is -0.274. The van der Waals surface area contributed by atoms with Gasteiger partial charge in [-0.25, -0.2) is 14.2 Å². The van der Waals surface area contributed by atoms with E-state index >= 15 is 0 Å². The molecule has 2 aromatic carbocycles. The second-order valence-electron chi connectivity index (χ2n) is 8.82. The number of hydrogen-bond acceptors (Lipinski definition) is 5. The van der Waals surface area contributed by atoms with Crippen LogP contribution in [0, 0.1) is 11.2 Å². The Morgan fingerprint density at radius 1 is 1.06 bits per heavy atom. The topological polar surface area (TPSA) is 76.2 Å². The van der Waals surface area contributed by atoms with Crippen LogP contribution in [0.25, 0.3) is 11.0 Å². The highest BCUT2D eigenvalue weighted by Gasteiger charge is 2.31. The number of aromatic nitrogens is 2. The van der Waals surface area contributed by atoms with E-state index in [0.717, 1.165) is 19.2 Å². The van der Waals surface area contributed by atoms with E-state index in [1.807, 2.05) is 0 Å². The van der Waals surface area contributed by atoms with Gasteiger partial charge in [0.15, 0.2) is 5.82 Å². The summed E-state index contributed by atoms with van der Waals surface area (Å²) < 4.78 is 59.0. The van der Waals surface area contributed by atoms with Gasteiger partial charge in [0.2, 0.25) is 5.95 Å². The van der Waals surface area contributed by atoms with Gasteiger partial charge in [-0.1, -0.05) is 33.1 Å². The average Bonchev–Trinajstić information content (AvgIpc) is 3.18. The van der Waals surface area contributed by atoms with Crippen molar-refractivity contribution in [3.05, 3.63) is 47.8 Å². The smallest absolute Gasteiger partial charge is 0.465 e. The van der Waals surface area contributed by atoms with Crippen molar-refractivity contribution in [2.24, 2.45) is 5.41 Å². The van der Waals surface area contributed by atoms with Crippen LogP contribution in [0.15, 0.2) is 36.4 Å². The molecule has 0 spiro atoms. The van der Waals surface area contributed by atoms with E-state index in [-0.39, 0.29) is 22.8 Å². The lowest BCUT2D eigenvalue weighted by Crippen LogP contribution is -2.16. The first kappa shape index (κ1) is 25.3. The molecule has 1 saturated carbocycles. The van der Waals surface area contributed by atoms with Crippen molar-refractivity contribution < 1.29 is 31.8 Å². The van der Waals surface area contributed by atoms with Gasteiger partial charge in [-0.3, -0.25) is 0 Å². The SMILES string of the molecule is CC1(C)CCCCC1.COC(=O)c1ccc2[nH]c(Nc3ccc(OC(F)(F)F)cc3)nc2c1F. The summed E-state index contributed by atoms with van der Waals surface area (Å²) in [6.45, 7) is 4.76. The Kier molecular flexibility index (Phi) is 7.68. The number of H-pyrrole nitrogens is 1. The van der Waals surface area contributed by atoms with E-state index in [2.05, 4.69) is 38.6 Å². The summed E-state index contributed by atoms with van der Waals surface area (Å²) >= 11 is 0. The van der Waals surface area contributed by atoms with Crippen LogP contribution < -0.4 is 10.1 Å². The number of nitrogens with one attached hydrogen (secondary N) is 2. The minimum absolute atomic E-state index is 0.0765. The summed E-state index contributed by atoms with van der Waals surface area (Å²) in [5.74, 6) is -1.90. The highest BCUT2D eigenvalue weighted by Crippen LogP contribution is 2.34. The Labute approximate surface area is 194 Å². The van der Waals surface area contributed by atoms with Gasteiger partial charge in [0.25, 0.3) is 0 Å². The zero-order chi connectivity index (χ0) is 24.9. The van der Waals surface area contributed by atoms with Gasteiger partial charge in [0.1, 0.15) is 11.3 Å². The third kappa shape index (κ3) is 6.85. The Bertz CT molecular complexity index is 1120. The first-order valence-electron chi connectivity index (χ1n) is 10.9. The second kappa shape index (κ2) is 10.3. The molecule has 0 aliphatic heterocycles. The molecule has 1 aromatic heterocycles. The molecule has 184 valence electrons. The average molecular weight is 481 g/mol. The second-order valence-corrected chi connectivity index (χ2v) is 8.82. The number of halogens is 4. The number of carbonyl (C=O) groups excluding carboxylic acids is 1. The Morgan fingerprint density at radius 3 is 2.24 bits per heavy atom. The summed E-state index contributed by atoms with van der Waals surface area (Å²) in [5, 5.41) is 2.79. The zero-order valence-corrected chi connectivity index (χ0v) is 19.2. The van der Waals surface area contributed by atoms with Crippen molar-refractivity contribution in [2.45, 2.75) is 52.3 Å². The maximum atomic E-state index is 14.3. The fraction of sp³-hybridized carbons (Fsp3) is 0.417. The van der Waals surface area contributed by atoms with Crippen molar-refractivity contribution in [3.63, 3.8) is 0 Å². The van der Waals surface area contributed by atoms with Gasteiger partial charge in [-0.15, -0.1) is 13.2 Å². The Hall–Kier alpha value is -3.30. The van der Waals surface area contributed by atoms with Crippen LogP contribution in [0.5, 0.6) is 5.75 Å². The van der Waals surface area contributed by atoms with Crippen LogP contribution >= 0.6 is 0 Å². The Balaban J connectivity index is 0.000000343. The van der Waals surface area contributed by atoms with Gasteiger partial charge in [0, 0.05) is 5.69 Å². The molecule has 1 heterocycles. The van der Waals surface area contributed by atoms with Crippen LogP contribution in [0.4, 0.5) is 29.2 Å². The summed E-state index contributed by atoms with van der Waals surface area (Å²) in [4.78, 5) is 18.3. The van der Waals surface area contributed by atoms with Crippen molar-refractivity contribution in [3.8, 4) is 5.75 Å². The number of rotatable bonds is 4. The van der Waals surface area contributed by atoms with Crippen LogP contribution in [-0.2, 0) is 4.74 Å². The minimum atomic E-state index is -4.78. The normalized spacial score (nSPS) is 15.3. The number of methoxy groups -OCH3 is 1. The van der Waals surface area contributed by atoms with Gasteiger partial charge < -0.3 is 19.8 Å². The number of esters is 1. The van der Waals surface area contributed by atoms with Crippen molar-refractivity contribution in [2.75, 3.05) is 12.4 Å². The van der Waals surface area contributed by atoms with Gasteiger partial charge in [-0.05, 0) is 54.7 Å². The van der Waals surface area contributed by atoms with E-state index in [4.69, 9.17) is 0 Å². The van der Waals surface area contributed by atoms with E-state index in [1.54, 1.807) is 0 Å². The molecular formula is C24H27F4N3O3. The number of imidazole rings is 1. The fourth-order valence-electron chi connectivity index (χ4n) is 3.75. The zero-order valence-electron chi connectivity index (χ0n) is 19.2. The van der Waals surface area contributed by atoms with Crippen molar-refractivity contribution in [1.82, 2.24) is 9.97 Å². The lowest BCUT2D eigenvalue weighted by Gasteiger charge is -2.28. The van der Waals surface area contributed by atoms with E-state index in [1.165, 1.54) is 56.4 Å². The molecule has 10 heteroatoms.